The Bertz CT molecular complexity index is 1920. The molecule has 1 amide bonds. The lowest BCUT2D eigenvalue weighted by Crippen LogP contribution is -2.39. The highest BCUT2D eigenvalue weighted by Crippen LogP contribution is 2.34. The molecule has 18 nitrogen and oxygen atoms in total. The summed E-state index contributed by atoms with van der Waals surface area (Å²) in [5.41, 5.74) is 2.84. The van der Waals surface area contributed by atoms with E-state index in [1.165, 1.54) is 18.4 Å². The summed E-state index contributed by atoms with van der Waals surface area (Å²) in [6.07, 6.45) is 7.90. The number of aromatic nitrogens is 3. The fourth-order valence-corrected chi connectivity index (χ4v) is 7.94. The number of sulfonamides is 1. The molecular weight excluding hydrogens is 846 g/mol. The fraction of sp³-hybridized carbons (Fsp3) is 0.643. The average molecular weight is 911 g/mol. The Morgan fingerprint density at radius 3 is 2.03 bits per heavy atom. The van der Waals surface area contributed by atoms with Crippen molar-refractivity contribution < 1.29 is 51.1 Å². The molecule has 2 aliphatic heterocycles. The second-order valence-electron chi connectivity index (χ2n) is 14.9. The van der Waals surface area contributed by atoms with Crippen LogP contribution in [0.2, 0.25) is 5.02 Å². The second kappa shape index (κ2) is 26.9. The number of nitrogens with zero attached hydrogens (tertiary/aromatic N) is 5. The minimum atomic E-state index is -3.62. The summed E-state index contributed by atoms with van der Waals surface area (Å²) < 4.78 is 72.0. The molecule has 3 aromatic rings. The summed E-state index contributed by atoms with van der Waals surface area (Å²) in [5.74, 6) is 0.611. The van der Waals surface area contributed by atoms with Crippen molar-refractivity contribution in [3.05, 3.63) is 65.1 Å². The van der Waals surface area contributed by atoms with Crippen molar-refractivity contribution in [2.45, 2.75) is 44.7 Å². The number of piperidine rings is 1. The van der Waals surface area contributed by atoms with Gasteiger partial charge in [-0.05, 0) is 50.8 Å². The lowest BCUT2D eigenvalue weighted by molar-refractivity contribution is -0.0215. The summed E-state index contributed by atoms with van der Waals surface area (Å²) in [7, 11) is -3.62. The van der Waals surface area contributed by atoms with Gasteiger partial charge in [0, 0.05) is 55.1 Å². The molecule has 0 unspecified atom stereocenters. The Hall–Kier alpha value is -3.63. The zero-order chi connectivity index (χ0) is 44.0. The van der Waals surface area contributed by atoms with Crippen molar-refractivity contribution in [2.24, 2.45) is 0 Å². The molecule has 0 spiro atoms. The molecule has 62 heavy (non-hydrogen) atoms. The molecule has 1 aromatic carbocycles. The highest BCUT2D eigenvalue weighted by Gasteiger charge is 2.33. The van der Waals surface area contributed by atoms with E-state index < -0.39 is 10.0 Å². The highest BCUT2D eigenvalue weighted by atomic mass is 35.5. The fourth-order valence-electron chi connectivity index (χ4n) is 7.19. The van der Waals surface area contributed by atoms with Gasteiger partial charge in [-0.2, -0.15) is 5.10 Å². The largest absolute Gasteiger partial charge is 0.499 e. The van der Waals surface area contributed by atoms with Gasteiger partial charge in [-0.1, -0.05) is 18.2 Å². The van der Waals surface area contributed by atoms with Crippen LogP contribution >= 0.6 is 11.6 Å². The first-order valence-corrected chi connectivity index (χ1v) is 23.6. The molecule has 5 rings (SSSR count). The summed E-state index contributed by atoms with van der Waals surface area (Å²) in [6.45, 7) is 16.1. The van der Waals surface area contributed by atoms with Gasteiger partial charge in [0.05, 0.1) is 128 Å². The number of benzene rings is 1. The third-order valence-corrected chi connectivity index (χ3v) is 10.9. The number of aryl methyl sites for hydroxylation is 1. The van der Waals surface area contributed by atoms with E-state index in [4.69, 9.17) is 59.6 Å². The highest BCUT2D eigenvalue weighted by molar-refractivity contribution is 7.92. The first-order valence-electron chi connectivity index (χ1n) is 21.3. The Balaban J connectivity index is 0.916. The number of ether oxygens (including phenoxy) is 8. The van der Waals surface area contributed by atoms with E-state index in [2.05, 4.69) is 21.5 Å². The Kier molecular flexibility index (Phi) is 21.4. The summed E-state index contributed by atoms with van der Waals surface area (Å²) in [5, 5.41) is 8.82. The van der Waals surface area contributed by atoms with Gasteiger partial charge >= 0.3 is 0 Å². The smallest absolute Gasteiger partial charge is 0.256 e. The molecule has 20 heteroatoms. The lowest BCUT2D eigenvalue weighted by Gasteiger charge is -2.35. The molecule has 0 bridgehead atoms. The third-order valence-electron chi connectivity index (χ3n) is 10.1. The van der Waals surface area contributed by atoms with Gasteiger partial charge in [-0.3, -0.25) is 9.52 Å². The predicted molar refractivity (Wildman–Crippen MR) is 236 cm³/mol. The number of nitrogens with one attached hydrogen (secondary N) is 2. The Morgan fingerprint density at radius 2 is 1.44 bits per heavy atom. The minimum absolute atomic E-state index is 0.193. The van der Waals surface area contributed by atoms with Crippen LogP contribution in [0.1, 0.15) is 53.3 Å². The van der Waals surface area contributed by atoms with E-state index in [0.717, 1.165) is 68.6 Å². The van der Waals surface area contributed by atoms with Gasteiger partial charge < -0.3 is 53.0 Å². The molecule has 346 valence electrons. The number of hydrogen-bond acceptors (Lipinski definition) is 15. The summed E-state index contributed by atoms with van der Waals surface area (Å²) in [6, 6.07) is 6.54. The lowest BCUT2D eigenvalue weighted by atomic mass is 9.98. The zero-order valence-electron chi connectivity index (χ0n) is 36.1. The third kappa shape index (κ3) is 16.8. The predicted octanol–water partition coefficient (Wildman–Crippen LogP) is 3.87. The normalized spacial score (nSPS) is 17.0. The Morgan fingerprint density at radius 1 is 0.839 bits per heavy atom. The van der Waals surface area contributed by atoms with E-state index in [9.17, 15) is 13.2 Å². The first kappa shape index (κ1) is 49.4. The SMILES string of the molecule is C=COCCOCCOCCOCCOCCOCCOCCOCCN[C@H]1CCN(c2nc3cc([C@@H]4CCCCN4C(=O)c4cc(Cl)ccc4NS(C)(=O)=O)nn3cc2C)C1. The van der Waals surface area contributed by atoms with Crippen molar-refractivity contribution in [3.63, 3.8) is 0 Å². The van der Waals surface area contributed by atoms with Gasteiger partial charge in [0.2, 0.25) is 10.0 Å². The van der Waals surface area contributed by atoms with Crippen LogP contribution in [-0.4, -0.2) is 171 Å². The standard InChI is InChI=1S/C42H64ClN7O11S/c1-4-54-15-16-56-19-20-58-23-24-60-27-28-61-26-25-59-22-21-57-18-17-55-14-11-44-35-10-13-48(32-35)41-33(2)31-50-40(45-41)30-38(46-50)39-7-5-6-12-49(39)42(51)36-29-34(43)8-9-37(36)47-62(3,52)53/h4,8-9,29-31,35,39,44,47H,1,5-7,10-28,32H2,2-3H3/t35-,39-/m0/s1. The zero-order valence-corrected chi connectivity index (χ0v) is 37.7. The molecule has 0 radical (unpaired) electrons. The number of carbonyl (C=O) groups is 1. The summed E-state index contributed by atoms with van der Waals surface area (Å²) >= 11 is 6.27. The molecule has 2 fully saturated rings. The molecule has 2 saturated heterocycles. The monoisotopic (exact) mass is 909 g/mol. The van der Waals surface area contributed by atoms with Gasteiger partial charge in [0.1, 0.15) is 12.4 Å². The molecular formula is C42H64ClN7O11S. The van der Waals surface area contributed by atoms with Crippen LogP contribution in [0.25, 0.3) is 5.65 Å². The van der Waals surface area contributed by atoms with Gasteiger partial charge in [-0.25, -0.2) is 17.9 Å². The van der Waals surface area contributed by atoms with Crippen LogP contribution in [0.3, 0.4) is 0 Å². The second-order valence-corrected chi connectivity index (χ2v) is 17.1. The van der Waals surface area contributed by atoms with Crippen molar-refractivity contribution in [3.8, 4) is 0 Å². The van der Waals surface area contributed by atoms with E-state index >= 15 is 0 Å². The van der Waals surface area contributed by atoms with E-state index in [-0.39, 0.29) is 23.2 Å². The number of hydrogen-bond donors (Lipinski definition) is 2. The molecule has 2 aromatic heterocycles. The molecule has 2 N–H and O–H groups in total. The number of halogens is 1. The first-order chi connectivity index (χ1) is 30.1. The summed E-state index contributed by atoms with van der Waals surface area (Å²) in [4.78, 5) is 23.1. The number of likely N-dealkylation sites (tertiary alicyclic amines) is 1. The number of carbonyl (C=O) groups excluding carboxylic acids is 1. The quantitative estimate of drug-likeness (QED) is 0.0700. The minimum Gasteiger partial charge on any atom is -0.499 e. The van der Waals surface area contributed by atoms with E-state index in [1.54, 1.807) is 15.5 Å². The van der Waals surface area contributed by atoms with Crippen molar-refractivity contribution in [1.82, 2.24) is 24.8 Å². The Labute approximate surface area is 370 Å². The maximum Gasteiger partial charge on any atom is 0.256 e. The molecule has 0 saturated carbocycles. The molecule has 2 aliphatic rings. The van der Waals surface area contributed by atoms with E-state index in [1.807, 2.05) is 19.2 Å². The maximum absolute atomic E-state index is 14.0. The maximum atomic E-state index is 14.0. The van der Waals surface area contributed by atoms with Crippen LogP contribution < -0.4 is 14.9 Å². The van der Waals surface area contributed by atoms with Crippen LogP contribution in [0, 0.1) is 6.92 Å². The van der Waals surface area contributed by atoms with Gasteiger partial charge in [0.15, 0.2) is 5.65 Å². The molecule has 2 atom stereocenters. The van der Waals surface area contributed by atoms with E-state index in [0.29, 0.717) is 122 Å². The average Bonchev–Trinajstić information content (AvgIpc) is 3.90. The number of fused-ring (bicyclic) bond motifs is 1. The van der Waals surface area contributed by atoms with Crippen LogP contribution in [0.5, 0.6) is 0 Å². The number of amides is 1. The topological polar surface area (TPSA) is 186 Å². The number of rotatable bonds is 31. The van der Waals surface area contributed by atoms with Gasteiger partial charge in [-0.15, -0.1) is 0 Å². The van der Waals surface area contributed by atoms with Gasteiger partial charge in [0.25, 0.3) is 5.91 Å². The van der Waals surface area contributed by atoms with Crippen LogP contribution in [-0.2, 0) is 47.9 Å². The van der Waals surface area contributed by atoms with Crippen molar-refractivity contribution in [2.75, 3.05) is 141 Å². The van der Waals surface area contributed by atoms with Crippen molar-refractivity contribution >= 4 is 44.7 Å². The molecule has 4 heterocycles. The molecule has 0 aliphatic carbocycles. The number of anilines is 2. The van der Waals surface area contributed by atoms with Crippen LogP contribution in [0.15, 0.2) is 43.3 Å². The van der Waals surface area contributed by atoms with Crippen LogP contribution in [0.4, 0.5) is 11.5 Å². The van der Waals surface area contributed by atoms with Crippen molar-refractivity contribution in [1.29, 1.82) is 0 Å².